The fourth-order valence-corrected chi connectivity index (χ4v) is 6.29. The minimum Gasteiger partial charge on any atom is -0.465 e. The Morgan fingerprint density at radius 3 is 2.61 bits per heavy atom. The first-order chi connectivity index (χ1) is 19.3. The number of benzene rings is 1. The van der Waals surface area contributed by atoms with E-state index in [1.54, 1.807) is 49.4 Å². The lowest BCUT2D eigenvalue weighted by molar-refractivity contribution is -0.150. The Labute approximate surface area is 238 Å². The van der Waals surface area contributed by atoms with Crippen LogP contribution in [0.3, 0.4) is 0 Å². The van der Waals surface area contributed by atoms with Crippen molar-refractivity contribution < 1.29 is 38.1 Å². The van der Waals surface area contributed by atoms with Crippen LogP contribution in [-0.2, 0) is 29.0 Å². The predicted octanol–water partition coefficient (Wildman–Crippen LogP) is 3.27. The highest BCUT2D eigenvalue weighted by atomic mass is 31.2. The summed E-state index contributed by atoms with van der Waals surface area (Å²) in [7, 11) is -4.06. The number of aliphatic hydroxyl groups excluding tert-OH is 2. The number of aromatic nitrogens is 2. The minimum absolute atomic E-state index is 0.148. The van der Waals surface area contributed by atoms with Crippen LogP contribution in [0.25, 0.3) is 5.52 Å². The van der Waals surface area contributed by atoms with Crippen LogP contribution in [0.5, 0.6) is 5.75 Å². The number of esters is 1. The maximum atomic E-state index is 14.0. The van der Waals surface area contributed by atoms with Crippen molar-refractivity contribution in [3.8, 4) is 11.8 Å². The zero-order valence-electron chi connectivity index (χ0n) is 23.3. The SMILES string of the molecule is C[C@H](C[P@](=O)(OC[C@H]1O[C@@](C#N)(c2ccc3c(N)ccnn23)[C@H](O)[C@@H]1O)Oc1ccccc1)C(=O)OCC(C)(C)C. The van der Waals surface area contributed by atoms with Crippen LogP contribution in [0.2, 0.25) is 0 Å². The number of nitriles is 1. The second-order valence-corrected chi connectivity index (χ2v) is 13.3. The monoisotopic (exact) mass is 586 g/mol. The molecule has 0 saturated carbocycles. The van der Waals surface area contributed by atoms with E-state index >= 15 is 0 Å². The number of fused-ring (bicyclic) bond motifs is 1. The lowest BCUT2D eigenvalue weighted by atomic mass is 9.92. The molecule has 4 rings (SSSR count). The Balaban J connectivity index is 1.55. The Morgan fingerprint density at radius 2 is 1.95 bits per heavy atom. The summed E-state index contributed by atoms with van der Waals surface area (Å²) in [4.78, 5) is 12.7. The first kappa shape index (κ1) is 30.5. The second kappa shape index (κ2) is 11.8. The number of nitrogens with zero attached hydrogens (tertiary/aromatic N) is 3. The molecule has 1 aliphatic heterocycles. The fraction of sp³-hybridized carbons (Fsp3) is 0.464. The Kier molecular flexibility index (Phi) is 8.78. The summed E-state index contributed by atoms with van der Waals surface area (Å²) in [6, 6.07) is 15.0. The van der Waals surface area contributed by atoms with Gasteiger partial charge in [0, 0.05) is 6.20 Å². The van der Waals surface area contributed by atoms with Gasteiger partial charge in [-0.2, -0.15) is 10.4 Å². The van der Waals surface area contributed by atoms with Crippen molar-refractivity contribution in [2.24, 2.45) is 11.3 Å². The number of aliphatic hydroxyl groups is 2. The zero-order valence-corrected chi connectivity index (χ0v) is 24.2. The van der Waals surface area contributed by atoms with Crippen molar-refractivity contribution in [1.29, 1.82) is 5.26 Å². The number of carbonyl (C=O) groups is 1. The van der Waals surface area contributed by atoms with Gasteiger partial charge in [0.25, 0.3) is 0 Å². The highest BCUT2D eigenvalue weighted by Crippen LogP contribution is 2.51. The van der Waals surface area contributed by atoms with Gasteiger partial charge in [-0.05, 0) is 35.7 Å². The Bertz CT molecular complexity index is 1470. The largest absolute Gasteiger partial charge is 0.465 e. The number of hydrogen-bond donors (Lipinski definition) is 3. The van der Waals surface area contributed by atoms with E-state index in [4.69, 9.17) is 24.3 Å². The van der Waals surface area contributed by atoms with Crippen LogP contribution in [0, 0.1) is 22.7 Å². The van der Waals surface area contributed by atoms with Gasteiger partial charge >= 0.3 is 13.6 Å². The number of hydrogen-bond acceptors (Lipinski definition) is 11. The molecule has 41 heavy (non-hydrogen) atoms. The summed E-state index contributed by atoms with van der Waals surface area (Å²) in [6.07, 6.45) is -3.48. The highest BCUT2D eigenvalue weighted by molar-refractivity contribution is 7.54. The van der Waals surface area contributed by atoms with Gasteiger partial charge in [0.1, 0.15) is 30.1 Å². The smallest absolute Gasteiger partial charge is 0.380 e. The number of ether oxygens (including phenoxy) is 2. The van der Waals surface area contributed by atoms with Crippen LogP contribution >= 0.6 is 7.60 Å². The number of rotatable bonds is 10. The van der Waals surface area contributed by atoms with Gasteiger partial charge in [-0.3, -0.25) is 9.32 Å². The van der Waals surface area contributed by atoms with Crippen molar-refractivity contribution in [2.45, 2.75) is 51.6 Å². The van der Waals surface area contributed by atoms with Gasteiger partial charge in [-0.25, -0.2) is 9.08 Å². The molecule has 1 aromatic carbocycles. The highest BCUT2D eigenvalue weighted by Gasteiger charge is 2.58. The predicted molar refractivity (Wildman–Crippen MR) is 149 cm³/mol. The van der Waals surface area contributed by atoms with E-state index in [0.29, 0.717) is 11.2 Å². The maximum Gasteiger partial charge on any atom is 0.380 e. The topological polar surface area (TPSA) is 179 Å². The summed E-state index contributed by atoms with van der Waals surface area (Å²) in [5.74, 6) is -1.18. The van der Waals surface area contributed by atoms with Gasteiger partial charge in [-0.1, -0.05) is 45.9 Å². The third kappa shape index (κ3) is 6.56. The average Bonchev–Trinajstić information content (AvgIpc) is 3.47. The van der Waals surface area contributed by atoms with Gasteiger partial charge in [-0.15, -0.1) is 0 Å². The van der Waals surface area contributed by atoms with Crippen molar-refractivity contribution in [2.75, 3.05) is 25.1 Å². The maximum absolute atomic E-state index is 14.0. The van der Waals surface area contributed by atoms with Crippen LogP contribution in [0.4, 0.5) is 5.69 Å². The molecule has 0 bridgehead atoms. The summed E-state index contributed by atoms with van der Waals surface area (Å²) in [5, 5.41) is 36.2. The third-order valence-corrected chi connectivity index (χ3v) is 8.59. The Morgan fingerprint density at radius 1 is 1.24 bits per heavy atom. The zero-order chi connectivity index (χ0) is 30.0. The number of carbonyl (C=O) groups excluding carboxylic acids is 1. The van der Waals surface area contributed by atoms with Gasteiger partial charge in [0.15, 0.2) is 0 Å². The van der Waals surface area contributed by atoms with E-state index in [2.05, 4.69) is 5.10 Å². The van der Waals surface area contributed by atoms with Crippen molar-refractivity contribution in [3.63, 3.8) is 0 Å². The second-order valence-electron chi connectivity index (χ2n) is 11.3. The third-order valence-electron chi connectivity index (χ3n) is 6.56. The molecule has 13 heteroatoms. The molecule has 0 spiro atoms. The summed E-state index contributed by atoms with van der Waals surface area (Å²) < 4.78 is 38.1. The van der Waals surface area contributed by atoms with E-state index in [0.717, 1.165) is 0 Å². The van der Waals surface area contributed by atoms with Crippen LogP contribution < -0.4 is 10.3 Å². The van der Waals surface area contributed by atoms with E-state index in [1.165, 1.54) is 16.8 Å². The minimum atomic E-state index is -4.06. The lowest BCUT2D eigenvalue weighted by Gasteiger charge is -2.25. The quantitative estimate of drug-likeness (QED) is 0.234. The summed E-state index contributed by atoms with van der Waals surface area (Å²) >= 11 is 0. The van der Waals surface area contributed by atoms with Gasteiger partial charge in [0.05, 0.1) is 42.2 Å². The fourth-order valence-electron chi connectivity index (χ4n) is 4.42. The molecule has 3 aromatic rings. The van der Waals surface area contributed by atoms with Crippen LogP contribution in [0.15, 0.2) is 54.7 Å². The molecule has 1 saturated heterocycles. The summed E-state index contributed by atoms with van der Waals surface area (Å²) in [6.45, 7) is 6.96. The van der Waals surface area contributed by atoms with E-state index < -0.39 is 50.0 Å². The molecule has 0 radical (unpaired) electrons. The van der Waals surface area contributed by atoms with Crippen molar-refractivity contribution >= 4 is 24.8 Å². The first-order valence-corrected chi connectivity index (χ1v) is 14.8. The van der Waals surface area contributed by atoms with Crippen molar-refractivity contribution in [1.82, 2.24) is 9.61 Å². The molecule has 2 aromatic heterocycles. The molecule has 3 heterocycles. The van der Waals surface area contributed by atoms with Gasteiger partial charge < -0.3 is 29.9 Å². The number of nitrogen functional groups attached to an aromatic ring is 1. The molecule has 1 fully saturated rings. The standard InChI is InChI=1S/C28H35N4O8P/c1-18(26(35)37-17-27(2,3)4)15-41(36,40-19-8-6-5-7-9-19)38-14-22-24(33)25(34)28(16-29,39-22)23-11-10-21-20(30)12-13-31-32(21)23/h5-13,18,22,24-25,33-34H,14-15,17,30H2,1-4H3/t18-,22-,24-,25-,28+,41+/m1/s1. The molecule has 4 N–H and O–H groups in total. The molecule has 0 unspecified atom stereocenters. The van der Waals surface area contributed by atoms with E-state index in [9.17, 15) is 24.8 Å². The molecule has 1 aliphatic rings. The average molecular weight is 587 g/mol. The van der Waals surface area contributed by atoms with E-state index in [1.807, 2.05) is 26.8 Å². The number of para-hydroxylation sites is 1. The molecular formula is C28H35N4O8P. The molecule has 0 amide bonds. The normalized spacial score (nSPS) is 24.9. The molecule has 0 aliphatic carbocycles. The van der Waals surface area contributed by atoms with E-state index in [-0.39, 0.29) is 29.6 Å². The first-order valence-electron chi connectivity index (χ1n) is 13.1. The Hall–Kier alpha value is -3.46. The van der Waals surface area contributed by atoms with Crippen LogP contribution in [-0.4, -0.2) is 63.5 Å². The molecule has 220 valence electrons. The molecule has 6 atom stereocenters. The van der Waals surface area contributed by atoms with Crippen LogP contribution in [0.1, 0.15) is 33.4 Å². The molecule has 12 nitrogen and oxygen atoms in total. The van der Waals surface area contributed by atoms with Crippen molar-refractivity contribution in [3.05, 3.63) is 60.4 Å². The molecular weight excluding hydrogens is 551 g/mol. The number of anilines is 1. The lowest BCUT2D eigenvalue weighted by Crippen LogP contribution is -2.41. The number of nitrogens with two attached hydrogens (primary N) is 1. The van der Waals surface area contributed by atoms with Gasteiger partial charge in [0.2, 0.25) is 5.60 Å². The summed E-state index contributed by atoms with van der Waals surface area (Å²) in [5.41, 5.74) is 4.74.